The van der Waals surface area contributed by atoms with Crippen molar-refractivity contribution < 1.29 is 0 Å². The minimum absolute atomic E-state index is 0.522. The molecular formula is C12H10ClN. The van der Waals surface area contributed by atoms with E-state index >= 15 is 0 Å². The Bertz CT molecular complexity index is 463. The van der Waals surface area contributed by atoms with Gasteiger partial charge in [-0.3, -0.25) is 4.98 Å². The fourth-order valence-electron chi connectivity index (χ4n) is 1.36. The number of rotatable bonds is 2. The molecule has 0 aliphatic carbocycles. The number of hydrogen-bond acceptors (Lipinski definition) is 1. The Morgan fingerprint density at radius 3 is 2.79 bits per heavy atom. The molecule has 2 heteroatoms. The molecule has 0 unspecified atom stereocenters. The van der Waals surface area contributed by atoms with Crippen molar-refractivity contribution in [2.24, 2.45) is 0 Å². The van der Waals surface area contributed by atoms with Crippen molar-refractivity contribution >= 4 is 28.4 Å². The Morgan fingerprint density at radius 1 is 1.21 bits per heavy atom. The highest BCUT2D eigenvalue weighted by Gasteiger charge is 1.93. The van der Waals surface area contributed by atoms with E-state index in [1.807, 2.05) is 30.5 Å². The van der Waals surface area contributed by atoms with Gasteiger partial charge in [-0.1, -0.05) is 30.3 Å². The van der Waals surface area contributed by atoms with E-state index in [1.165, 1.54) is 5.39 Å². The third-order valence-corrected chi connectivity index (χ3v) is 2.21. The fourth-order valence-corrected chi connectivity index (χ4v) is 1.45. The molecule has 0 fully saturated rings. The predicted molar refractivity (Wildman–Crippen MR) is 61.5 cm³/mol. The Kier molecular flexibility index (Phi) is 2.80. The summed E-state index contributed by atoms with van der Waals surface area (Å²) in [6.07, 6.45) is 5.70. The van der Waals surface area contributed by atoms with Crippen molar-refractivity contribution in [3.63, 3.8) is 0 Å². The molecule has 14 heavy (non-hydrogen) atoms. The number of aromatic nitrogens is 1. The van der Waals surface area contributed by atoms with E-state index in [2.05, 4.69) is 23.2 Å². The van der Waals surface area contributed by atoms with Crippen LogP contribution in [0.5, 0.6) is 0 Å². The Labute approximate surface area is 88.0 Å². The summed E-state index contributed by atoms with van der Waals surface area (Å²) in [4.78, 5) is 4.30. The molecular weight excluding hydrogens is 194 g/mol. The summed E-state index contributed by atoms with van der Waals surface area (Å²) >= 11 is 5.56. The molecule has 2 aromatic rings. The molecule has 0 bridgehead atoms. The second kappa shape index (κ2) is 4.25. The highest BCUT2D eigenvalue weighted by atomic mass is 35.5. The minimum Gasteiger partial charge on any atom is -0.256 e. The Morgan fingerprint density at radius 2 is 2.00 bits per heavy atom. The normalized spacial score (nSPS) is 11.2. The molecule has 1 aromatic carbocycles. The number of pyridine rings is 1. The first-order chi connectivity index (χ1) is 6.90. The van der Waals surface area contributed by atoms with Gasteiger partial charge in [0.25, 0.3) is 0 Å². The van der Waals surface area contributed by atoms with Gasteiger partial charge in [-0.25, -0.2) is 0 Å². The van der Waals surface area contributed by atoms with E-state index in [-0.39, 0.29) is 0 Å². The largest absolute Gasteiger partial charge is 0.256 e. The average molecular weight is 204 g/mol. The van der Waals surface area contributed by atoms with E-state index in [1.54, 1.807) is 0 Å². The lowest BCUT2D eigenvalue weighted by Crippen LogP contribution is -1.81. The molecule has 0 aliphatic heterocycles. The van der Waals surface area contributed by atoms with Crippen LogP contribution in [0.3, 0.4) is 0 Å². The van der Waals surface area contributed by atoms with E-state index in [0.29, 0.717) is 5.88 Å². The number of fused-ring (bicyclic) bond motifs is 1. The van der Waals surface area contributed by atoms with Crippen LogP contribution in [0.4, 0.5) is 0 Å². The van der Waals surface area contributed by atoms with Crippen LogP contribution in [-0.2, 0) is 0 Å². The third-order valence-electron chi connectivity index (χ3n) is 2.03. The van der Waals surface area contributed by atoms with E-state index in [4.69, 9.17) is 11.6 Å². The molecule has 0 saturated heterocycles. The molecule has 2 rings (SSSR count). The van der Waals surface area contributed by atoms with Crippen LogP contribution in [0.25, 0.3) is 16.8 Å². The van der Waals surface area contributed by atoms with Gasteiger partial charge < -0.3 is 0 Å². The number of nitrogens with zero attached hydrogens (tertiary/aromatic N) is 1. The van der Waals surface area contributed by atoms with Gasteiger partial charge in [0.1, 0.15) is 0 Å². The molecule has 0 N–H and O–H groups in total. The second-order valence-electron chi connectivity index (χ2n) is 3.01. The van der Waals surface area contributed by atoms with E-state index in [0.717, 1.165) is 11.1 Å². The van der Waals surface area contributed by atoms with Crippen molar-refractivity contribution in [2.75, 3.05) is 5.88 Å². The molecule has 0 saturated carbocycles. The van der Waals surface area contributed by atoms with Crippen LogP contribution in [0.2, 0.25) is 0 Å². The van der Waals surface area contributed by atoms with Gasteiger partial charge in [0.15, 0.2) is 0 Å². The summed E-state index contributed by atoms with van der Waals surface area (Å²) in [5, 5.41) is 2.37. The lowest BCUT2D eigenvalue weighted by molar-refractivity contribution is 1.32. The lowest BCUT2D eigenvalue weighted by Gasteiger charge is -1.97. The predicted octanol–water partition coefficient (Wildman–Crippen LogP) is 3.49. The molecule has 0 radical (unpaired) electrons. The van der Waals surface area contributed by atoms with Crippen molar-refractivity contribution in [3.8, 4) is 0 Å². The van der Waals surface area contributed by atoms with Gasteiger partial charge in [-0.2, -0.15) is 0 Å². The van der Waals surface area contributed by atoms with Gasteiger partial charge in [-0.15, -0.1) is 11.6 Å². The van der Waals surface area contributed by atoms with Crippen LogP contribution in [-0.4, -0.2) is 10.9 Å². The third kappa shape index (κ3) is 1.94. The zero-order valence-corrected chi connectivity index (χ0v) is 8.41. The molecule has 0 atom stereocenters. The van der Waals surface area contributed by atoms with Crippen molar-refractivity contribution in [2.45, 2.75) is 0 Å². The van der Waals surface area contributed by atoms with Crippen LogP contribution in [0.1, 0.15) is 5.69 Å². The maximum Gasteiger partial charge on any atom is 0.0633 e. The molecule has 0 aliphatic rings. The van der Waals surface area contributed by atoms with Gasteiger partial charge in [0.05, 0.1) is 5.69 Å². The van der Waals surface area contributed by atoms with Crippen LogP contribution < -0.4 is 0 Å². The summed E-state index contributed by atoms with van der Waals surface area (Å²) in [5.41, 5.74) is 0.948. The minimum atomic E-state index is 0.522. The summed E-state index contributed by atoms with van der Waals surface area (Å²) < 4.78 is 0. The van der Waals surface area contributed by atoms with Gasteiger partial charge in [0.2, 0.25) is 0 Å². The first-order valence-corrected chi connectivity index (χ1v) is 5.01. The molecule has 0 spiro atoms. The summed E-state index contributed by atoms with van der Waals surface area (Å²) in [6.45, 7) is 0. The van der Waals surface area contributed by atoms with Crippen molar-refractivity contribution in [3.05, 3.63) is 48.3 Å². The topological polar surface area (TPSA) is 12.9 Å². The number of allylic oxidation sites excluding steroid dienone is 1. The van der Waals surface area contributed by atoms with Gasteiger partial charge >= 0.3 is 0 Å². The van der Waals surface area contributed by atoms with E-state index < -0.39 is 0 Å². The SMILES string of the molecule is ClC/C=C/c1cc2ccccc2cn1. The number of halogens is 1. The van der Waals surface area contributed by atoms with Crippen molar-refractivity contribution in [1.82, 2.24) is 4.98 Å². The zero-order valence-electron chi connectivity index (χ0n) is 7.65. The summed E-state index contributed by atoms with van der Waals surface area (Å²) in [5.74, 6) is 0.522. The lowest BCUT2D eigenvalue weighted by atomic mass is 10.1. The molecule has 70 valence electrons. The fraction of sp³-hybridized carbons (Fsp3) is 0.0833. The van der Waals surface area contributed by atoms with E-state index in [9.17, 15) is 0 Å². The monoisotopic (exact) mass is 203 g/mol. The highest BCUT2D eigenvalue weighted by molar-refractivity contribution is 6.19. The number of benzene rings is 1. The second-order valence-corrected chi connectivity index (χ2v) is 3.32. The molecule has 1 nitrogen and oxygen atoms in total. The van der Waals surface area contributed by atoms with Crippen LogP contribution in [0.15, 0.2) is 42.6 Å². The summed E-state index contributed by atoms with van der Waals surface area (Å²) in [7, 11) is 0. The standard InChI is InChI=1S/C12H10ClN/c13-7-3-6-12-8-10-4-1-2-5-11(10)9-14-12/h1-6,8-9H,7H2/b6-3+. The maximum atomic E-state index is 5.56. The smallest absolute Gasteiger partial charge is 0.0633 e. The number of alkyl halides is 1. The van der Waals surface area contributed by atoms with Crippen molar-refractivity contribution in [1.29, 1.82) is 0 Å². The first-order valence-electron chi connectivity index (χ1n) is 4.47. The molecule has 0 amide bonds. The average Bonchev–Trinajstić information content (AvgIpc) is 2.26. The maximum absolute atomic E-state index is 5.56. The first kappa shape index (κ1) is 9.22. The molecule has 1 heterocycles. The Balaban J connectivity index is 2.46. The zero-order chi connectivity index (χ0) is 9.80. The van der Waals surface area contributed by atoms with Gasteiger partial charge in [0, 0.05) is 17.5 Å². The summed E-state index contributed by atoms with van der Waals surface area (Å²) in [6, 6.07) is 10.2. The highest BCUT2D eigenvalue weighted by Crippen LogP contribution is 2.13. The van der Waals surface area contributed by atoms with Crippen LogP contribution in [0, 0.1) is 0 Å². The van der Waals surface area contributed by atoms with Crippen LogP contribution >= 0.6 is 11.6 Å². The quantitative estimate of drug-likeness (QED) is 0.681. The Hall–Kier alpha value is -1.34. The molecule has 1 aromatic heterocycles. The van der Waals surface area contributed by atoms with Gasteiger partial charge in [-0.05, 0) is 17.5 Å². The number of hydrogen-bond donors (Lipinski definition) is 0.